The van der Waals surface area contributed by atoms with Gasteiger partial charge in [-0.3, -0.25) is 0 Å². The molecule has 0 amide bonds. The van der Waals surface area contributed by atoms with Crippen molar-refractivity contribution in [2.24, 2.45) is 0 Å². The van der Waals surface area contributed by atoms with Gasteiger partial charge in [-0.2, -0.15) is 0 Å². The normalized spacial score (nSPS) is 9.56. The van der Waals surface area contributed by atoms with Gasteiger partial charge in [-0.25, -0.2) is 9.37 Å². The van der Waals surface area contributed by atoms with Crippen molar-refractivity contribution in [3.63, 3.8) is 0 Å². The van der Waals surface area contributed by atoms with Crippen molar-refractivity contribution in [2.75, 3.05) is 5.73 Å². The number of rotatable bonds is 0. The molecule has 1 rings (SSSR count). The molecular formula is C5H4ClFN2. The Kier molecular flexibility index (Phi) is 1.53. The SMILES string of the molecule is Nc1cnc(Cl)cc1F. The van der Waals surface area contributed by atoms with Crippen LogP contribution in [0.25, 0.3) is 0 Å². The number of hydrogen-bond donors (Lipinski definition) is 1. The predicted molar refractivity (Wildman–Crippen MR) is 33.6 cm³/mol. The van der Waals surface area contributed by atoms with Crippen LogP contribution in [0.15, 0.2) is 12.3 Å². The number of aromatic nitrogens is 1. The third-order valence-corrected chi connectivity index (χ3v) is 1.06. The van der Waals surface area contributed by atoms with Gasteiger partial charge >= 0.3 is 0 Å². The Balaban J connectivity index is 3.17. The third-order valence-electron chi connectivity index (χ3n) is 0.849. The van der Waals surface area contributed by atoms with Crippen molar-refractivity contribution in [2.45, 2.75) is 0 Å². The van der Waals surface area contributed by atoms with E-state index in [1.165, 1.54) is 6.20 Å². The molecule has 1 aromatic heterocycles. The molecule has 0 saturated carbocycles. The standard InChI is InChI=1S/C5H4ClFN2/c6-5-1-3(7)4(8)2-9-5/h1-2H,8H2. The lowest BCUT2D eigenvalue weighted by atomic mass is 10.4. The second-order valence-electron chi connectivity index (χ2n) is 1.53. The van der Waals surface area contributed by atoms with Crippen LogP contribution in [0.1, 0.15) is 0 Å². The zero-order chi connectivity index (χ0) is 6.85. The molecule has 48 valence electrons. The molecule has 0 unspecified atom stereocenters. The van der Waals surface area contributed by atoms with Crippen LogP contribution in [0, 0.1) is 5.82 Å². The second kappa shape index (κ2) is 2.19. The van der Waals surface area contributed by atoms with Crippen molar-refractivity contribution in [3.8, 4) is 0 Å². The fourth-order valence-electron chi connectivity index (χ4n) is 0.418. The van der Waals surface area contributed by atoms with Gasteiger partial charge in [0.05, 0.1) is 11.9 Å². The fourth-order valence-corrected chi connectivity index (χ4v) is 0.563. The van der Waals surface area contributed by atoms with Gasteiger partial charge in [0, 0.05) is 6.07 Å². The van der Waals surface area contributed by atoms with E-state index in [-0.39, 0.29) is 10.8 Å². The Hall–Kier alpha value is -0.830. The molecule has 1 aromatic rings. The number of hydrogen-bond acceptors (Lipinski definition) is 2. The molecule has 0 saturated heterocycles. The van der Waals surface area contributed by atoms with Gasteiger partial charge in [0.25, 0.3) is 0 Å². The smallest absolute Gasteiger partial charge is 0.150 e. The highest BCUT2D eigenvalue weighted by Crippen LogP contribution is 2.11. The summed E-state index contributed by atoms with van der Waals surface area (Å²) in [5, 5.41) is 0.113. The van der Waals surface area contributed by atoms with E-state index in [0.717, 1.165) is 6.07 Å². The Bertz CT molecular complexity index is 226. The van der Waals surface area contributed by atoms with Crippen LogP contribution in [-0.4, -0.2) is 4.98 Å². The maximum atomic E-state index is 12.3. The van der Waals surface area contributed by atoms with E-state index in [9.17, 15) is 4.39 Å². The first-order chi connectivity index (χ1) is 4.20. The zero-order valence-electron chi connectivity index (χ0n) is 4.44. The monoisotopic (exact) mass is 146 g/mol. The van der Waals surface area contributed by atoms with Gasteiger partial charge in [-0.05, 0) is 0 Å². The average Bonchev–Trinajstić information content (AvgIpc) is 1.80. The van der Waals surface area contributed by atoms with Crippen LogP contribution in [0.4, 0.5) is 10.1 Å². The van der Waals surface area contributed by atoms with Crippen LogP contribution in [0.2, 0.25) is 5.15 Å². The summed E-state index contributed by atoms with van der Waals surface area (Å²) >= 11 is 5.31. The first-order valence-electron chi connectivity index (χ1n) is 2.26. The maximum absolute atomic E-state index is 12.3. The second-order valence-corrected chi connectivity index (χ2v) is 1.92. The first-order valence-corrected chi connectivity index (χ1v) is 2.64. The number of nitrogens with two attached hydrogens (primary N) is 1. The number of nitrogens with zero attached hydrogens (tertiary/aromatic N) is 1. The van der Waals surface area contributed by atoms with E-state index in [2.05, 4.69) is 4.98 Å². The summed E-state index contributed by atoms with van der Waals surface area (Å²) in [7, 11) is 0. The Morgan fingerprint density at radius 1 is 1.67 bits per heavy atom. The van der Waals surface area contributed by atoms with Crippen molar-refractivity contribution < 1.29 is 4.39 Å². The molecule has 2 nitrogen and oxygen atoms in total. The summed E-state index contributed by atoms with van der Waals surface area (Å²) in [6.45, 7) is 0. The highest BCUT2D eigenvalue weighted by atomic mass is 35.5. The van der Waals surface area contributed by atoms with E-state index >= 15 is 0 Å². The third kappa shape index (κ3) is 1.29. The van der Waals surface area contributed by atoms with Crippen LogP contribution >= 0.6 is 11.6 Å². The lowest BCUT2D eigenvalue weighted by Gasteiger charge is -1.92. The summed E-state index contributed by atoms with van der Waals surface area (Å²) < 4.78 is 12.3. The van der Waals surface area contributed by atoms with Gasteiger partial charge in [0.1, 0.15) is 5.15 Å². The van der Waals surface area contributed by atoms with Crippen LogP contribution in [0.5, 0.6) is 0 Å². The lowest BCUT2D eigenvalue weighted by Crippen LogP contribution is -1.90. The van der Waals surface area contributed by atoms with E-state index in [0.29, 0.717) is 0 Å². The molecule has 0 atom stereocenters. The van der Waals surface area contributed by atoms with Crippen molar-refractivity contribution in [1.82, 2.24) is 4.98 Å². The number of nitrogen functional groups attached to an aromatic ring is 1. The quantitative estimate of drug-likeness (QED) is 0.563. The van der Waals surface area contributed by atoms with E-state index in [1.54, 1.807) is 0 Å². The largest absolute Gasteiger partial charge is 0.395 e. The van der Waals surface area contributed by atoms with Gasteiger partial charge in [0.2, 0.25) is 0 Å². The molecule has 0 bridgehead atoms. The molecule has 0 spiro atoms. The van der Waals surface area contributed by atoms with Crippen LogP contribution in [0.3, 0.4) is 0 Å². The molecule has 0 aliphatic carbocycles. The summed E-state index contributed by atoms with van der Waals surface area (Å²) in [4.78, 5) is 3.54. The van der Waals surface area contributed by atoms with E-state index < -0.39 is 5.82 Å². The summed E-state index contributed by atoms with van der Waals surface area (Å²) in [5.74, 6) is -0.532. The zero-order valence-corrected chi connectivity index (χ0v) is 5.19. The minimum Gasteiger partial charge on any atom is -0.395 e. The molecule has 0 fully saturated rings. The molecule has 0 aliphatic heterocycles. The molecular weight excluding hydrogens is 143 g/mol. The van der Waals surface area contributed by atoms with Crippen molar-refractivity contribution in [1.29, 1.82) is 0 Å². The number of anilines is 1. The van der Waals surface area contributed by atoms with Crippen LogP contribution in [-0.2, 0) is 0 Å². The van der Waals surface area contributed by atoms with E-state index in [4.69, 9.17) is 17.3 Å². The topological polar surface area (TPSA) is 38.9 Å². The lowest BCUT2D eigenvalue weighted by molar-refractivity contribution is 0.630. The molecule has 2 N–H and O–H groups in total. The molecule has 1 heterocycles. The maximum Gasteiger partial charge on any atom is 0.150 e. The first kappa shape index (κ1) is 6.29. The predicted octanol–water partition coefficient (Wildman–Crippen LogP) is 1.46. The van der Waals surface area contributed by atoms with Crippen LogP contribution < -0.4 is 5.73 Å². The van der Waals surface area contributed by atoms with E-state index in [1.807, 2.05) is 0 Å². The summed E-state index contributed by atoms with van der Waals surface area (Å²) in [5.41, 5.74) is 5.11. The Morgan fingerprint density at radius 3 is 2.78 bits per heavy atom. The van der Waals surface area contributed by atoms with Gasteiger partial charge < -0.3 is 5.73 Å². The molecule has 0 aliphatic rings. The highest BCUT2D eigenvalue weighted by Gasteiger charge is 1.96. The summed E-state index contributed by atoms with van der Waals surface area (Å²) in [6, 6.07) is 1.07. The number of pyridine rings is 1. The fraction of sp³-hybridized carbons (Fsp3) is 0. The minimum absolute atomic E-state index is 0.0133. The summed E-state index contributed by atoms with van der Waals surface area (Å²) in [6.07, 6.45) is 1.18. The molecule has 0 aromatic carbocycles. The van der Waals surface area contributed by atoms with Gasteiger partial charge in [0.15, 0.2) is 5.82 Å². The molecule has 4 heteroatoms. The molecule has 9 heavy (non-hydrogen) atoms. The van der Waals surface area contributed by atoms with Gasteiger partial charge in [-0.1, -0.05) is 11.6 Å². The Morgan fingerprint density at radius 2 is 2.33 bits per heavy atom. The minimum atomic E-state index is -0.532. The average molecular weight is 147 g/mol. The Labute approximate surface area is 56.5 Å². The van der Waals surface area contributed by atoms with Crippen molar-refractivity contribution >= 4 is 17.3 Å². The number of halogens is 2. The highest BCUT2D eigenvalue weighted by molar-refractivity contribution is 6.29. The van der Waals surface area contributed by atoms with Crippen molar-refractivity contribution in [3.05, 3.63) is 23.2 Å². The molecule has 0 radical (unpaired) electrons. The van der Waals surface area contributed by atoms with Gasteiger partial charge in [-0.15, -0.1) is 0 Å².